The van der Waals surface area contributed by atoms with Crippen LogP contribution < -0.4 is 4.74 Å². The minimum absolute atomic E-state index is 0.0995. The molecular weight excluding hydrogens is 326 g/mol. The van der Waals surface area contributed by atoms with Crippen LogP contribution in [0.25, 0.3) is 0 Å². The fourth-order valence-corrected chi connectivity index (χ4v) is 5.56. The first-order valence-electron chi connectivity index (χ1n) is 10.2. The van der Waals surface area contributed by atoms with Crippen molar-refractivity contribution >= 4 is 5.97 Å². The Bertz CT molecular complexity index is 684. The van der Waals surface area contributed by atoms with Gasteiger partial charge in [0.1, 0.15) is 5.75 Å². The summed E-state index contributed by atoms with van der Waals surface area (Å²) in [5.41, 5.74) is 2.98. The topological polar surface area (TPSA) is 49.8 Å². The summed E-state index contributed by atoms with van der Waals surface area (Å²) in [5, 5.41) is 9.13. The largest absolute Gasteiger partial charge is 0.497 e. The average molecular weight is 357 g/mol. The van der Waals surface area contributed by atoms with E-state index in [2.05, 4.69) is 30.0 Å². The third-order valence-electron chi connectivity index (χ3n) is 7.25. The summed E-state index contributed by atoms with van der Waals surface area (Å²) in [5.74, 6) is 1.72. The van der Waals surface area contributed by atoms with E-state index in [1.54, 1.807) is 7.11 Å². The predicted molar refractivity (Wildman–Crippen MR) is 102 cm³/mol. The third-order valence-corrected chi connectivity index (χ3v) is 7.25. The van der Waals surface area contributed by atoms with Crippen molar-refractivity contribution < 1.29 is 14.6 Å². The zero-order valence-electron chi connectivity index (χ0n) is 16.0. The maximum absolute atomic E-state index is 11.1. The summed E-state index contributed by atoms with van der Waals surface area (Å²) in [6.45, 7) is 4.81. The molecule has 0 amide bonds. The van der Waals surface area contributed by atoms with Crippen LogP contribution in [0.5, 0.6) is 5.75 Å². The van der Waals surface area contributed by atoms with Crippen LogP contribution in [0, 0.1) is 11.8 Å². The van der Waals surface area contributed by atoms with Crippen LogP contribution in [-0.4, -0.2) is 42.2 Å². The summed E-state index contributed by atoms with van der Waals surface area (Å²) in [4.78, 5) is 13.8. The van der Waals surface area contributed by atoms with Crippen molar-refractivity contribution in [3.63, 3.8) is 0 Å². The van der Waals surface area contributed by atoms with Crippen molar-refractivity contribution in [1.82, 2.24) is 4.90 Å². The number of ether oxygens (including phenoxy) is 1. The molecule has 1 aromatic carbocycles. The van der Waals surface area contributed by atoms with E-state index < -0.39 is 5.97 Å². The van der Waals surface area contributed by atoms with Crippen molar-refractivity contribution in [2.75, 3.05) is 20.2 Å². The van der Waals surface area contributed by atoms with Crippen LogP contribution >= 0.6 is 0 Å². The van der Waals surface area contributed by atoms with Crippen LogP contribution in [-0.2, 0) is 16.6 Å². The molecule has 0 unspecified atom stereocenters. The molecule has 0 aromatic heterocycles. The number of benzene rings is 1. The first-order chi connectivity index (χ1) is 12.5. The van der Waals surface area contributed by atoms with E-state index in [1.807, 2.05) is 0 Å². The number of hydrogen-bond donors (Lipinski definition) is 1. The molecule has 1 heterocycles. The zero-order chi connectivity index (χ0) is 18.3. The lowest BCUT2D eigenvalue weighted by molar-refractivity contribution is -0.137. The standard InChI is InChI=1S/C22H31NO3/c1-15-20-12-17-7-8-18(26-2)13-19(17)22(15,9-3-4-21(24)25)10-11-23(20)14-16-5-6-16/h7-8,13,15-16,20H,3-6,9-12,14H2,1-2H3,(H,24,25)/t15-,20+,22+/m1/s1. The molecule has 1 aromatic rings. The van der Waals surface area contributed by atoms with Gasteiger partial charge in [-0.05, 0) is 80.2 Å². The van der Waals surface area contributed by atoms with Gasteiger partial charge in [-0.2, -0.15) is 0 Å². The van der Waals surface area contributed by atoms with Crippen molar-refractivity contribution in [3.05, 3.63) is 29.3 Å². The Hall–Kier alpha value is -1.55. The van der Waals surface area contributed by atoms with Gasteiger partial charge in [0, 0.05) is 24.4 Å². The van der Waals surface area contributed by atoms with Gasteiger partial charge in [0.15, 0.2) is 0 Å². The van der Waals surface area contributed by atoms with E-state index in [9.17, 15) is 4.79 Å². The van der Waals surface area contributed by atoms with Crippen LogP contribution in [0.2, 0.25) is 0 Å². The van der Waals surface area contributed by atoms with Gasteiger partial charge >= 0.3 is 5.97 Å². The van der Waals surface area contributed by atoms with Gasteiger partial charge in [-0.1, -0.05) is 13.0 Å². The fourth-order valence-electron chi connectivity index (χ4n) is 5.56. The van der Waals surface area contributed by atoms with Crippen molar-refractivity contribution in [2.45, 2.75) is 63.3 Å². The number of carbonyl (C=O) groups is 1. The maximum atomic E-state index is 11.1. The second kappa shape index (κ2) is 6.88. The summed E-state index contributed by atoms with van der Waals surface area (Å²) in [7, 11) is 1.73. The molecule has 4 rings (SSSR count). The molecule has 4 nitrogen and oxygen atoms in total. The summed E-state index contributed by atoms with van der Waals surface area (Å²) >= 11 is 0. The molecular formula is C22H31NO3. The second-order valence-corrected chi connectivity index (χ2v) is 8.67. The molecule has 2 bridgehead atoms. The molecule has 3 atom stereocenters. The highest BCUT2D eigenvalue weighted by atomic mass is 16.5. The molecule has 1 saturated heterocycles. The molecule has 2 fully saturated rings. The molecule has 2 aliphatic carbocycles. The smallest absolute Gasteiger partial charge is 0.303 e. The Balaban J connectivity index is 1.67. The van der Waals surface area contributed by atoms with Crippen LogP contribution in [0.4, 0.5) is 0 Å². The van der Waals surface area contributed by atoms with Crippen LogP contribution in [0.15, 0.2) is 18.2 Å². The van der Waals surface area contributed by atoms with E-state index >= 15 is 0 Å². The summed E-state index contributed by atoms with van der Waals surface area (Å²) in [6.07, 6.45) is 7.04. The fraction of sp³-hybridized carbons (Fsp3) is 0.682. The van der Waals surface area contributed by atoms with Gasteiger partial charge < -0.3 is 9.84 Å². The van der Waals surface area contributed by atoms with Gasteiger partial charge in [0.2, 0.25) is 0 Å². The van der Waals surface area contributed by atoms with E-state index in [0.717, 1.165) is 43.9 Å². The third kappa shape index (κ3) is 3.13. The lowest BCUT2D eigenvalue weighted by Gasteiger charge is -2.56. The Kier molecular flexibility index (Phi) is 4.72. The number of carboxylic acids is 1. The Morgan fingerprint density at radius 1 is 1.38 bits per heavy atom. The minimum atomic E-state index is -0.682. The van der Waals surface area contributed by atoms with E-state index in [-0.39, 0.29) is 11.8 Å². The number of fused-ring (bicyclic) bond motifs is 4. The lowest BCUT2D eigenvalue weighted by atomic mass is 9.56. The van der Waals surface area contributed by atoms with E-state index in [1.165, 1.54) is 30.5 Å². The molecule has 4 heteroatoms. The van der Waals surface area contributed by atoms with Crippen molar-refractivity contribution in [1.29, 1.82) is 0 Å². The minimum Gasteiger partial charge on any atom is -0.497 e. The monoisotopic (exact) mass is 357 g/mol. The maximum Gasteiger partial charge on any atom is 0.303 e. The van der Waals surface area contributed by atoms with Gasteiger partial charge in [0.25, 0.3) is 0 Å². The molecule has 1 saturated carbocycles. The van der Waals surface area contributed by atoms with E-state index in [0.29, 0.717) is 12.0 Å². The molecule has 0 radical (unpaired) electrons. The SMILES string of the molecule is COc1ccc2c(c1)[C@@]1(CCCC(=O)O)CCN(CC3CC3)[C@@H](C2)[C@H]1C. The quantitative estimate of drug-likeness (QED) is 0.805. The number of methoxy groups -OCH3 is 1. The van der Waals surface area contributed by atoms with Gasteiger partial charge in [0.05, 0.1) is 7.11 Å². The first-order valence-corrected chi connectivity index (χ1v) is 10.2. The van der Waals surface area contributed by atoms with Crippen molar-refractivity contribution in [3.8, 4) is 5.75 Å². The van der Waals surface area contributed by atoms with Gasteiger partial charge in [-0.3, -0.25) is 9.69 Å². The van der Waals surface area contributed by atoms with Gasteiger partial charge in [-0.25, -0.2) is 0 Å². The number of nitrogens with zero attached hydrogens (tertiary/aromatic N) is 1. The highest BCUT2D eigenvalue weighted by Gasteiger charge is 2.51. The molecule has 1 N–H and O–H groups in total. The first kappa shape index (κ1) is 17.8. The molecule has 0 spiro atoms. The Morgan fingerprint density at radius 2 is 2.19 bits per heavy atom. The van der Waals surface area contributed by atoms with Crippen LogP contribution in [0.3, 0.4) is 0 Å². The molecule has 26 heavy (non-hydrogen) atoms. The second-order valence-electron chi connectivity index (χ2n) is 8.67. The number of piperidine rings is 1. The van der Waals surface area contributed by atoms with Gasteiger partial charge in [-0.15, -0.1) is 0 Å². The Labute approximate surface area is 156 Å². The highest BCUT2D eigenvalue weighted by Crippen LogP contribution is 2.52. The number of aliphatic carboxylic acids is 1. The number of carboxylic acid groups (broad SMARTS) is 1. The normalized spacial score (nSPS) is 30.7. The summed E-state index contributed by atoms with van der Waals surface area (Å²) < 4.78 is 5.52. The van der Waals surface area contributed by atoms with Crippen LogP contribution in [0.1, 0.15) is 56.6 Å². The zero-order valence-corrected chi connectivity index (χ0v) is 16.0. The molecule has 142 valence electrons. The molecule has 3 aliphatic rings. The van der Waals surface area contributed by atoms with E-state index in [4.69, 9.17) is 9.84 Å². The Morgan fingerprint density at radius 3 is 2.88 bits per heavy atom. The molecule has 1 aliphatic heterocycles. The predicted octanol–water partition coefficient (Wildman–Crippen LogP) is 3.86. The van der Waals surface area contributed by atoms with Crippen molar-refractivity contribution in [2.24, 2.45) is 11.8 Å². The average Bonchev–Trinajstić information content (AvgIpc) is 3.43. The lowest BCUT2D eigenvalue weighted by Crippen LogP contribution is -2.59. The summed E-state index contributed by atoms with van der Waals surface area (Å²) in [6, 6.07) is 7.16. The number of rotatable bonds is 7. The number of likely N-dealkylation sites (tertiary alicyclic amines) is 1. The highest BCUT2D eigenvalue weighted by molar-refractivity contribution is 5.66. The number of hydrogen-bond acceptors (Lipinski definition) is 3.